The van der Waals surface area contributed by atoms with Crippen LogP contribution in [0.1, 0.15) is 46.0 Å². The molecule has 0 saturated heterocycles. The fraction of sp³-hybridized carbons (Fsp3) is 0.667. The van der Waals surface area contributed by atoms with E-state index in [0.717, 1.165) is 19.3 Å². The van der Waals surface area contributed by atoms with Crippen molar-refractivity contribution in [1.82, 2.24) is 0 Å². The first-order valence-electron chi connectivity index (χ1n) is 5.54. The minimum Gasteiger partial charge on any atom is -0.264 e. The van der Waals surface area contributed by atoms with Crippen LogP contribution >= 0.6 is 0 Å². The molecule has 1 aliphatic rings. The average Bonchev–Trinajstić information content (AvgIpc) is 2.18. The van der Waals surface area contributed by atoms with Crippen molar-refractivity contribution in [1.29, 1.82) is 0 Å². The van der Waals surface area contributed by atoms with Crippen LogP contribution in [-0.4, -0.2) is 11.0 Å². The lowest BCUT2D eigenvalue weighted by Crippen LogP contribution is -2.21. The molecular weight excluding hydrogens is 190 g/mol. The van der Waals surface area contributed by atoms with Crippen LogP contribution in [0.4, 0.5) is 0 Å². The number of nitrogens with zero attached hydrogens (tertiary/aromatic N) is 1. The molecule has 0 saturated carbocycles. The highest BCUT2D eigenvalue weighted by Crippen LogP contribution is 2.23. The van der Waals surface area contributed by atoms with E-state index in [1.807, 2.05) is 0 Å². The van der Waals surface area contributed by atoms with Gasteiger partial charge in [0.05, 0.1) is 0 Å². The summed E-state index contributed by atoms with van der Waals surface area (Å²) < 4.78 is 0. The third kappa shape index (κ3) is 4.28. The molecule has 0 amide bonds. The summed E-state index contributed by atoms with van der Waals surface area (Å²) in [6.45, 7) is 4.19. The van der Waals surface area contributed by atoms with Gasteiger partial charge in [-0.1, -0.05) is 23.3 Å². The van der Waals surface area contributed by atoms with Gasteiger partial charge in [-0.25, -0.2) is 0 Å². The smallest absolute Gasteiger partial charge is 0.216 e. The lowest BCUT2D eigenvalue weighted by atomic mass is 9.93. The lowest BCUT2D eigenvalue weighted by molar-refractivity contribution is -0.523. The largest absolute Gasteiger partial charge is 0.264 e. The monoisotopic (exact) mass is 209 g/mol. The van der Waals surface area contributed by atoms with E-state index in [2.05, 4.69) is 26.0 Å². The predicted octanol–water partition coefficient (Wildman–Crippen LogP) is 3.49. The Bertz CT molecular complexity index is 288. The third-order valence-electron chi connectivity index (χ3n) is 2.79. The van der Waals surface area contributed by atoms with E-state index in [0.29, 0.717) is 12.8 Å². The Labute approximate surface area is 91.0 Å². The van der Waals surface area contributed by atoms with E-state index in [-0.39, 0.29) is 11.0 Å². The van der Waals surface area contributed by atoms with Crippen LogP contribution < -0.4 is 0 Å². The Morgan fingerprint density at radius 1 is 1.67 bits per heavy atom. The van der Waals surface area contributed by atoms with Gasteiger partial charge >= 0.3 is 0 Å². The Morgan fingerprint density at radius 3 is 2.87 bits per heavy atom. The molecule has 3 nitrogen and oxygen atoms in total. The van der Waals surface area contributed by atoms with Crippen molar-refractivity contribution in [2.24, 2.45) is 0 Å². The summed E-state index contributed by atoms with van der Waals surface area (Å²) in [5.74, 6) is 0. The number of rotatable bonds is 4. The standard InChI is InChI=1S/C12H19NO2/c1-10(2)4-3-5-11-6-8-12(9-7-11)13(14)15/h4,6,12H,3,5,7-9H2,1-2H3. The van der Waals surface area contributed by atoms with Crippen LogP contribution in [0.25, 0.3) is 0 Å². The van der Waals surface area contributed by atoms with Gasteiger partial charge in [0.25, 0.3) is 0 Å². The first-order valence-corrected chi connectivity index (χ1v) is 5.54. The van der Waals surface area contributed by atoms with E-state index in [1.54, 1.807) is 0 Å². The van der Waals surface area contributed by atoms with E-state index < -0.39 is 0 Å². The number of allylic oxidation sites excluding steroid dienone is 3. The van der Waals surface area contributed by atoms with Gasteiger partial charge in [0.15, 0.2) is 0 Å². The molecule has 3 heteroatoms. The van der Waals surface area contributed by atoms with Gasteiger partial charge in [-0.15, -0.1) is 0 Å². The molecule has 1 rings (SSSR count). The normalized spacial score (nSPS) is 20.7. The van der Waals surface area contributed by atoms with E-state index >= 15 is 0 Å². The lowest BCUT2D eigenvalue weighted by Gasteiger charge is -2.15. The van der Waals surface area contributed by atoms with Crippen molar-refractivity contribution in [2.45, 2.75) is 52.0 Å². The molecule has 0 aliphatic heterocycles. The second-order valence-corrected chi connectivity index (χ2v) is 4.40. The van der Waals surface area contributed by atoms with E-state index in [9.17, 15) is 10.1 Å². The van der Waals surface area contributed by atoms with Crippen LogP contribution in [0, 0.1) is 10.1 Å². The van der Waals surface area contributed by atoms with Crippen LogP contribution in [0.15, 0.2) is 23.3 Å². The molecule has 0 heterocycles. The maximum Gasteiger partial charge on any atom is 0.216 e. The highest BCUT2D eigenvalue weighted by Gasteiger charge is 2.22. The average molecular weight is 209 g/mol. The maximum atomic E-state index is 10.5. The summed E-state index contributed by atoms with van der Waals surface area (Å²) in [5.41, 5.74) is 2.74. The molecule has 1 atom stereocenters. The minimum atomic E-state index is -0.336. The highest BCUT2D eigenvalue weighted by atomic mass is 16.6. The van der Waals surface area contributed by atoms with Crippen molar-refractivity contribution in [3.05, 3.63) is 33.4 Å². The van der Waals surface area contributed by atoms with Crippen molar-refractivity contribution in [3.63, 3.8) is 0 Å². The zero-order valence-corrected chi connectivity index (χ0v) is 9.53. The van der Waals surface area contributed by atoms with Gasteiger partial charge in [0.1, 0.15) is 0 Å². The second kappa shape index (κ2) is 5.69. The van der Waals surface area contributed by atoms with Crippen LogP contribution in [-0.2, 0) is 0 Å². The molecule has 84 valence electrons. The summed E-state index contributed by atoms with van der Waals surface area (Å²) in [6.07, 6.45) is 8.66. The van der Waals surface area contributed by atoms with Crippen molar-refractivity contribution >= 4 is 0 Å². The molecule has 0 N–H and O–H groups in total. The summed E-state index contributed by atoms with van der Waals surface area (Å²) in [5, 5.41) is 10.5. The van der Waals surface area contributed by atoms with Gasteiger partial charge < -0.3 is 0 Å². The molecule has 0 radical (unpaired) electrons. The van der Waals surface area contributed by atoms with Crippen molar-refractivity contribution < 1.29 is 4.92 Å². The highest BCUT2D eigenvalue weighted by molar-refractivity contribution is 5.08. The predicted molar refractivity (Wildman–Crippen MR) is 61.4 cm³/mol. The summed E-state index contributed by atoms with van der Waals surface area (Å²) in [6, 6.07) is -0.336. The Kier molecular flexibility index (Phi) is 4.53. The quantitative estimate of drug-likeness (QED) is 0.404. The van der Waals surface area contributed by atoms with Gasteiger partial charge in [-0.05, 0) is 33.1 Å². The van der Waals surface area contributed by atoms with Crippen molar-refractivity contribution in [3.8, 4) is 0 Å². The molecule has 15 heavy (non-hydrogen) atoms. The van der Waals surface area contributed by atoms with Crippen LogP contribution in [0.3, 0.4) is 0 Å². The third-order valence-corrected chi connectivity index (χ3v) is 2.79. The Hall–Kier alpha value is -1.12. The SMILES string of the molecule is CC(C)=CCCC1=CCC([N+](=O)[O-])CC1. The molecule has 0 fully saturated rings. The minimum absolute atomic E-state index is 0.149. The van der Waals surface area contributed by atoms with Crippen LogP contribution in [0.5, 0.6) is 0 Å². The fourth-order valence-electron chi connectivity index (χ4n) is 1.84. The molecule has 0 spiro atoms. The van der Waals surface area contributed by atoms with E-state index in [1.165, 1.54) is 11.1 Å². The van der Waals surface area contributed by atoms with Crippen molar-refractivity contribution in [2.75, 3.05) is 0 Å². The summed E-state index contributed by atoms with van der Waals surface area (Å²) in [4.78, 5) is 10.4. The first kappa shape index (κ1) is 12.0. The topological polar surface area (TPSA) is 43.1 Å². The zero-order chi connectivity index (χ0) is 11.3. The van der Waals surface area contributed by atoms with Gasteiger partial charge in [-0.3, -0.25) is 10.1 Å². The Morgan fingerprint density at radius 2 is 2.40 bits per heavy atom. The molecule has 0 aromatic carbocycles. The van der Waals surface area contributed by atoms with Gasteiger partial charge in [0, 0.05) is 17.8 Å². The maximum absolute atomic E-state index is 10.5. The number of hydrogen-bond donors (Lipinski definition) is 0. The number of hydrogen-bond acceptors (Lipinski definition) is 2. The molecule has 0 aromatic heterocycles. The summed E-state index contributed by atoms with van der Waals surface area (Å²) >= 11 is 0. The second-order valence-electron chi connectivity index (χ2n) is 4.40. The van der Waals surface area contributed by atoms with Crippen LogP contribution in [0.2, 0.25) is 0 Å². The molecule has 0 aromatic rings. The number of nitro groups is 1. The van der Waals surface area contributed by atoms with E-state index in [4.69, 9.17) is 0 Å². The molecule has 0 bridgehead atoms. The molecule has 1 aliphatic carbocycles. The zero-order valence-electron chi connectivity index (χ0n) is 9.53. The molecule has 1 unspecified atom stereocenters. The van der Waals surface area contributed by atoms with Gasteiger partial charge in [0.2, 0.25) is 6.04 Å². The first-order chi connectivity index (χ1) is 7.09. The van der Waals surface area contributed by atoms with Gasteiger partial charge in [-0.2, -0.15) is 0 Å². The fourth-order valence-corrected chi connectivity index (χ4v) is 1.84. The molecular formula is C12H19NO2. The Balaban J connectivity index is 2.34. The summed E-state index contributed by atoms with van der Waals surface area (Å²) in [7, 11) is 0.